The molecule has 0 unspecified atom stereocenters. The Balaban J connectivity index is 1.99. The molecule has 0 nitrogen and oxygen atoms in total. The Morgan fingerprint density at radius 3 is 2.37 bits per heavy atom. The molecule has 94 valence electrons. The summed E-state index contributed by atoms with van der Waals surface area (Å²) < 4.78 is 0. The van der Waals surface area contributed by atoms with E-state index in [1.165, 1.54) is 34.2 Å². The lowest BCUT2D eigenvalue weighted by atomic mass is 9.94. The number of aryl methyl sites for hydroxylation is 1. The first-order chi connectivity index (χ1) is 9.34. The molecule has 3 rings (SSSR count). The van der Waals surface area contributed by atoms with E-state index < -0.39 is 0 Å². The minimum Gasteiger partial charge on any atom is -0.0836 e. The molecule has 2 aromatic rings. The third kappa shape index (κ3) is 2.53. The van der Waals surface area contributed by atoms with Gasteiger partial charge in [-0.3, -0.25) is 0 Å². The summed E-state index contributed by atoms with van der Waals surface area (Å²) in [7, 11) is 0. The van der Waals surface area contributed by atoms with Crippen LogP contribution in [0.5, 0.6) is 0 Å². The summed E-state index contributed by atoms with van der Waals surface area (Å²) in [5.74, 6) is 0. The van der Waals surface area contributed by atoms with Crippen LogP contribution in [0.15, 0.2) is 66.8 Å². The van der Waals surface area contributed by atoms with Gasteiger partial charge >= 0.3 is 0 Å². The number of hydrogen-bond donors (Lipinski definition) is 0. The zero-order valence-corrected chi connectivity index (χ0v) is 11.3. The highest BCUT2D eigenvalue weighted by molar-refractivity contribution is 5.78. The molecule has 0 fully saturated rings. The number of hydrogen-bond acceptors (Lipinski definition) is 0. The lowest BCUT2D eigenvalue weighted by Crippen LogP contribution is -1.89. The van der Waals surface area contributed by atoms with Gasteiger partial charge < -0.3 is 0 Å². The summed E-state index contributed by atoms with van der Waals surface area (Å²) in [6, 6.07) is 17.3. The molecule has 0 bridgehead atoms. The van der Waals surface area contributed by atoms with E-state index in [0.29, 0.717) is 0 Å². The van der Waals surface area contributed by atoms with Crippen LogP contribution in [-0.2, 0) is 0 Å². The van der Waals surface area contributed by atoms with Crippen molar-refractivity contribution in [1.82, 2.24) is 0 Å². The van der Waals surface area contributed by atoms with Crippen molar-refractivity contribution in [2.45, 2.75) is 19.8 Å². The lowest BCUT2D eigenvalue weighted by molar-refractivity contribution is 1.04. The SMILES string of the molecule is Cc1cc(C2=CCCC=C2)ccc1-c1ccccc1. The van der Waals surface area contributed by atoms with Crippen molar-refractivity contribution < 1.29 is 0 Å². The van der Waals surface area contributed by atoms with Crippen LogP contribution in [0.1, 0.15) is 24.0 Å². The Hall–Kier alpha value is -2.08. The van der Waals surface area contributed by atoms with E-state index in [-0.39, 0.29) is 0 Å². The van der Waals surface area contributed by atoms with E-state index >= 15 is 0 Å². The summed E-state index contributed by atoms with van der Waals surface area (Å²) in [4.78, 5) is 0. The highest BCUT2D eigenvalue weighted by Crippen LogP contribution is 2.28. The first kappa shape index (κ1) is 12.0. The quantitative estimate of drug-likeness (QED) is 0.666. The fourth-order valence-electron chi connectivity index (χ4n) is 2.61. The Morgan fingerprint density at radius 2 is 1.68 bits per heavy atom. The molecule has 0 atom stereocenters. The smallest absolute Gasteiger partial charge is 0.0154 e. The zero-order valence-electron chi connectivity index (χ0n) is 11.3. The van der Waals surface area contributed by atoms with Crippen molar-refractivity contribution in [1.29, 1.82) is 0 Å². The maximum absolute atomic E-state index is 2.33. The maximum atomic E-state index is 2.33. The number of allylic oxidation sites excluding steroid dienone is 4. The summed E-state index contributed by atoms with van der Waals surface area (Å²) in [6.07, 6.45) is 9.16. The molecule has 19 heavy (non-hydrogen) atoms. The fourth-order valence-corrected chi connectivity index (χ4v) is 2.61. The molecule has 0 heteroatoms. The molecule has 0 saturated carbocycles. The van der Waals surface area contributed by atoms with E-state index in [0.717, 1.165) is 6.42 Å². The van der Waals surface area contributed by atoms with Gasteiger partial charge in [0.1, 0.15) is 0 Å². The van der Waals surface area contributed by atoms with Crippen molar-refractivity contribution in [2.75, 3.05) is 0 Å². The van der Waals surface area contributed by atoms with Crippen LogP contribution in [0, 0.1) is 6.92 Å². The van der Waals surface area contributed by atoms with Crippen LogP contribution in [0.25, 0.3) is 16.7 Å². The van der Waals surface area contributed by atoms with Crippen LogP contribution in [0.4, 0.5) is 0 Å². The lowest BCUT2D eigenvalue weighted by Gasteiger charge is -2.11. The zero-order chi connectivity index (χ0) is 13.1. The number of benzene rings is 2. The maximum Gasteiger partial charge on any atom is -0.0154 e. The van der Waals surface area contributed by atoms with Crippen LogP contribution in [0.3, 0.4) is 0 Å². The van der Waals surface area contributed by atoms with Gasteiger partial charge in [-0.25, -0.2) is 0 Å². The van der Waals surface area contributed by atoms with Crippen molar-refractivity contribution in [3.8, 4) is 11.1 Å². The number of rotatable bonds is 2. The summed E-state index contributed by atoms with van der Waals surface area (Å²) >= 11 is 0. The second-order valence-electron chi connectivity index (χ2n) is 5.03. The third-order valence-electron chi connectivity index (χ3n) is 3.64. The second kappa shape index (κ2) is 5.27. The summed E-state index contributed by atoms with van der Waals surface area (Å²) in [6.45, 7) is 2.19. The largest absolute Gasteiger partial charge is 0.0836 e. The van der Waals surface area contributed by atoms with Gasteiger partial charge in [0.2, 0.25) is 0 Å². The van der Waals surface area contributed by atoms with E-state index in [1.807, 2.05) is 0 Å². The molecule has 1 aliphatic rings. The summed E-state index contributed by atoms with van der Waals surface area (Å²) in [5, 5.41) is 0. The van der Waals surface area contributed by atoms with Gasteiger partial charge in [0.15, 0.2) is 0 Å². The first-order valence-electron chi connectivity index (χ1n) is 6.88. The Morgan fingerprint density at radius 1 is 0.842 bits per heavy atom. The molecule has 1 aliphatic carbocycles. The molecule has 0 radical (unpaired) electrons. The third-order valence-corrected chi connectivity index (χ3v) is 3.64. The van der Waals surface area contributed by atoms with E-state index in [1.54, 1.807) is 0 Å². The van der Waals surface area contributed by atoms with E-state index in [9.17, 15) is 0 Å². The van der Waals surface area contributed by atoms with Gasteiger partial charge in [-0.15, -0.1) is 0 Å². The van der Waals surface area contributed by atoms with Crippen LogP contribution in [-0.4, -0.2) is 0 Å². The Bertz CT molecular complexity index is 630. The molecular formula is C19H18. The molecule has 0 N–H and O–H groups in total. The summed E-state index contributed by atoms with van der Waals surface area (Å²) in [5.41, 5.74) is 6.63. The van der Waals surface area contributed by atoms with Gasteiger partial charge in [-0.1, -0.05) is 66.8 Å². The van der Waals surface area contributed by atoms with Crippen molar-refractivity contribution in [3.05, 3.63) is 77.9 Å². The van der Waals surface area contributed by atoms with Crippen LogP contribution < -0.4 is 0 Å². The van der Waals surface area contributed by atoms with Crippen molar-refractivity contribution in [3.63, 3.8) is 0 Å². The van der Waals surface area contributed by atoms with Crippen LogP contribution >= 0.6 is 0 Å². The van der Waals surface area contributed by atoms with Crippen LogP contribution in [0.2, 0.25) is 0 Å². The molecule has 0 heterocycles. The van der Waals surface area contributed by atoms with Gasteiger partial charge in [0, 0.05) is 0 Å². The topological polar surface area (TPSA) is 0 Å². The van der Waals surface area contributed by atoms with E-state index in [2.05, 4.69) is 73.7 Å². The van der Waals surface area contributed by atoms with Gasteiger partial charge in [0.25, 0.3) is 0 Å². The second-order valence-corrected chi connectivity index (χ2v) is 5.03. The minimum absolute atomic E-state index is 1.16. The van der Waals surface area contributed by atoms with E-state index in [4.69, 9.17) is 0 Å². The molecule has 0 amide bonds. The average molecular weight is 246 g/mol. The molecular weight excluding hydrogens is 228 g/mol. The standard InChI is InChI=1S/C19H18/c1-15-14-18(16-8-4-2-5-9-16)12-13-19(15)17-10-6-3-7-11-17/h3-4,6-14H,2,5H2,1H3. The van der Waals surface area contributed by atoms with Gasteiger partial charge in [0.05, 0.1) is 0 Å². The molecule has 0 spiro atoms. The van der Waals surface area contributed by atoms with Crippen molar-refractivity contribution >= 4 is 5.57 Å². The fraction of sp³-hybridized carbons (Fsp3) is 0.158. The minimum atomic E-state index is 1.16. The predicted octanol–water partition coefficient (Wildman–Crippen LogP) is 5.40. The van der Waals surface area contributed by atoms with Gasteiger partial charge in [-0.2, -0.15) is 0 Å². The van der Waals surface area contributed by atoms with Gasteiger partial charge in [-0.05, 0) is 47.6 Å². The first-order valence-corrected chi connectivity index (χ1v) is 6.88. The normalized spacial score (nSPS) is 14.3. The average Bonchev–Trinajstić information content (AvgIpc) is 2.49. The highest BCUT2D eigenvalue weighted by Gasteiger charge is 2.05. The molecule has 2 aromatic carbocycles. The monoisotopic (exact) mass is 246 g/mol. The molecule has 0 aromatic heterocycles. The molecule has 0 aliphatic heterocycles. The highest BCUT2D eigenvalue weighted by atomic mass is 14.1. The predicted molar refractivity (Wildman–Crippen MR) is 83.0 cm³/mol. The Kier molecular flexibility index (Phi) is 3.33. The Labute approximate surface area is 115 Å². The van der Waals surface area contributed by atoms with Crippen molar-refractivity contribution in [2.24, 2.45) is 0 Å². The molecule has 0 saturated heterocycles.